The van der Waals surface area contributed by atoms with Crippen molar-refractivity contribution in [2.24, 2.45) is 0 Å². The first-order valence-electron chi connectivity index (χ1n) is 6.64. The molecule has 21 heavy (non-hydrogen) atoms. The van der Waals surface area contributed by atoms with E-state index in [1.165, 1.54) is 14.2 Å². The maximum absolute atomic E-state index is 12.2. The van der Waals surface area contributed by atoms with E-state index in [1.807, 2.05) is 0 Å². The molecule has 6 nitrogen and oxygen atoms in total. The lowest BCUT2D eigenvalue weighted by Crippen LogP contribution is -2.33. The van der Waals surface area contributed by atoms with Gasteiger partial charge in [0.1, 0.15) is 0 Å². The summed E-state index contributed by atoms with van der Waals surface area (Å²) in [5.74, 6) is -0.0957. The molecule has 0 saturated heterocycles. The van der Waals surface area contributed by atoms with E-state index in [9.17, 15) is 9.59 Å². The van der Waals surface area contributed by atoms with Crippen LogP contribution in [-0.2, 0) is 4.79 Å². The first-order chi connectivity index (χ1) is 9.88. The second kappa shape index (κ2) is 7.52. The van der Waals surface area contributed by atoms with Gasteiger partial charge in [-0.15, -0.1) is 0 Å². The third-order valence-electron chi connectivity index (χ3n) is 3.14. The topological polar surface area (TPSA) is 84.9 Å². The van der Waals surface area contributed by atoms with E-state index in [1.54, 1.807) is 26.0 Å². The number of carboxylic acid groups (broad SMARTS) is 1. The van der Waals surface area contributed by atoms with E-state index in [2.05, 4.69) is 5.32 Å². The molecule has 0 aliphatic heterocycles. The lowest BCUT2D eigenvalue weighted by molar-refractivity contribution is -0.137. The van der Waals surface area contributed by atoms with E-state index >= 15 is 0 Å². The normalized spacial score (nSPS) is 11.6. The summed E-state index contributed by atoms with van der Waals surface area (Å²) in [5, 5.41) is 11.4. The van der Waals surface area contributed by atoms with E-state index in [0.29, 0.717) is 23.5 Å². The van der Waals surface area contributed by atoms with Crippen LogP contribution in [0.25, 0.3) is 0 Å². The highest BCUT2D eigenvalue weighted by Gasteiger charge is 2.16. The molecule has 1 aromatic rings. The summed E-state index contributed by atoms with van der Waals surface area (Å²) in [6.45, 7) is 3.58. The highest BCUT2D eigenvalue weighted by Crippen LogP contribution is 2.30. The summed E-state index contributed by atoms with van der Waals surface area (Å²) in [5.41, 5.74) is 1.24. The molecule has 0 bridgehead atoms. The van der Waals surface area contributed by atoms with Gasteiger partial charge in [0.05, 0.1) is 14.2 Å². The van der Waals surface area contributed by atoms with E-state index in [4.69, 9.17) is 14.6 Å². The van der Waals surface area contributed by atoms with Crippen molar-refractivity contribution in [3.05, 3.63) is 23.3 Å². The minimum atomic E-state index is -0.876. The second-order valence-corrected chi connectivity index (χ2v) is 4.83. The van der Waals surface area contributed by atoms with Crippen LogP contribution in [0.5, 0.6) is 11.5 Å². The van der Waals surface area contributed by atoms with Crippen LogP contribution in [-0.4, -0.2) is 37.2 Å². The molecule has 6 heteroatoms. The Labute approximate surface area is 124 Å². The van der Waals surface area contributed by atoms with Crippen LogP contribution in [0.15, 0.2) is 12.1 Å². The van der Waals surface area contributed by atoms with Gasteiger partial charge in [-0.05, 0) is 38.0 Å². The standard InChI is InChI=1S/C15H21NO5/c1-9-7-12(20-3)13(21-4)8-11(9)15(19)16-10(2)5-6-14(17)18/h7-8,10H,5-6H2,1-4H3,(H,16,19)(H,17,18). The highest BCUT2D eigenvalue weighted by atomic mass is 16.5. The molecule has 116 valence electrons. The van der Waals surface area contributed by atoms with Crippen LogP contribution in [0.3, 0.4) is 0 Å². The molecule has 0 radical (unpaired) electrons. The third kappa shape index (κ3) is 4.66. The Morgan fingerprint density at radius 3 is 2.33 bits per heavy atom. The molecule has 0 fully saturated rings. The zero-order valence-electron chi connectivity index (χ0n) is 12.7. The van der Waals surface area contributed by atoms with Gasteiger partial charge in [0.2, 0.25) is 0 Å². The molecule has 1 unspecified atom stereocenters. The summed E-state index contributed by atoms with van der Waals surface area (Å²) in [4.78, 5) is 22.8. The van der Waals surface area contributed by atoms with Gasteiger partial charge in [0, 0.05) is 18.0 Å². The van der Waals surface area contributed by atoms with E-state index < -0.39 is 5.97 Å². The molecule has 0 heterocycles. The van der Waals surface area contributed by atoms with Crippen molar-refractivity contribution in [3.8, 4) is 11.5 Å². The summed E-state index contributed by atoms with van der Waals surface area (Å²) in [6.07, 6.45) is 0.403. The number of rotatable bonds is 7. The Morgan fingerprint density at radius 1 is 1.24 bits per heavy atom. The maximum atomic E-state index is 12.2. The minimum absolute atomic E-state index is 0.0202. The van der Waals surface area contributed by atoms with Gasteiger partial charge >= 0.3 is 5.97 Å². The van der Waals surface area contributed by atoms with Gasteiger partial charge in [-0.25, -0.2) is 0 Å². The third-order valence-corrected chi connectivity index (χ3v) is 3.14. The fourth-order valence-electron chi connectivity index (χ4n) is 1.94. The number of carbonyl (C=O) groups is 2. The number of ether oxygens (including phenoxy) is 2. The van der Waals surface area contributed by atoms with Crippen LogP contribution < -0.4 is 14.8 Å². The van der Waals surface area contributed by atoms with Gasteiger partial charge in [-0.2, -0.15) is 0 Å². The minimum Gasteiger partial charge on any atom is -0.493 e. The number of amides is 1. The van der Waals surface area contributed by atoms with Crippen molar-refractivity contribution in [3.63, 3.8) is 0 Å². The van der Waals surface area contributed by atoms with Crippen LogP contribution in [0, 0.1) is 6.92 Å². The molecular weight excluding hydrogens is 274 g/mol. The molecule has 0 spiro atoms. The summed E-state index contributed by atoms with van der Waals surface area (Å²) in [7, 11) is 3.04. The fourth-order valence-corrected chi connectivity index (χ4v) is 1.94. The van der Waals surface area contributed by atoms with Crippen molar-refractivity contribution in [2.45, 2.75) is 32.7 Å². The van der Waals surface area contributed by atoms with Crippen molar-refractivity contribution in [1.29, 1.82) is 0 Å². The Hall–Kier alpha value is -2.24. The second-order valence-electron chi connectivity index (χ2n) is 4.83. The van der Waals surface area contributed by atoms with Crippen LogP contribution in [0.1, 0.15) is 35.7 Å². The monoisotopic (exact) mass is 295 g/mol. The lowest BCUT2D eigenvalue weighted by atomic mass is 10.1. The Morgan fingerprint density at radius 2 is 1.81 bits per heavy atom. The number of nitrogens with one attached hydrogen (secondary N) is 1. The van der Waals surface area contributed by atoms with Crippen molar-refractivity contribution < 1.29 is 24.2 Å². The van der Waals surface area contributed by atoms with Gasteiger partial charge in [0.25, 0.3) is 5.91 Å². The van der Waals surface area contributed by atoms with Crippen molar-refractivity contribution in [2.75, 3.05) is 14.2 Å². The predicted molar refractivity (Wildman–Crippen MR) is 78.1 cm³/mol. The largest absolute Gasteiger partial charge is 0.493 e. The Balaban J connectivity index is 2.84. The molecule has 0 saturated carbocycles. The molecular formula is C15H21NO5. The maximum Gasteiger partial charge on any atom is 0.303 e. The number of carbonyl (C=O) groups excluding carboxylic acids is 1. The Bertz CT molecular complexity index is 527. The summed E-state index contributed by atoms with van der Waals surface area (Å²) >= 11 is 0. The quantitative estimate of drug-likeness (QED) is 0.803. The van der Waals surface area contributed by atoms with Crippen molar-refractivity contribution in [1.82, 2.24) is 5.32 Å². The zero-order valence-corrected chi connectivity index (χ0v) is 12.7. The SMILES string of the molecule is COc1cc(C)c(C(=O)NC(C)CCC(=O)O)cc1OC. The lowest BCUT2D eigenvalue weighted by Gasteiger charge is -2.16. The number of hydrogen-bond acceptors (Lipinski definition) is 4. The van der Waals surface area contributed by atoms with Gasteiger partial charge in [0.15, 0.2) is 11.5 Å². The summed E-state index contributed by atoms with van der Waals surface area (Å²) < 4.78 is 10.4. The van der Waals surface area contributed by atoms with Crippen molar-refractivity contribution >= 4 is 11.9 Å². The molecule has 0 aliphatic carbocycles. The number of carboxylic acids is 1. The first-order valence-corrected chi connectivity index (χ1v) is 6.64. The molecule has 1 atom stereocenters. The molecule has 1 aromatic carbocycles. The smallest absolute Gasteiger partial charge is 0.303 e. The van der Waals surface area contributed by atoms with Crippen LogP contribution in [0.4, 0.5) is 0 Å². The Kier molecular flexibility index (Phi) is 6.02. The average molecular weight is 295 g/mol. The number of aliphatic carboxylic acids is 1. The number of benzene rings is 1. The number of methoxy groups -OCH3 is 2. The number of hydrogen-bond donors (Lipinski definition) is 2. The first kappa shape index (κ1) is 16.8. The van der Waals surface area contributed by atoms with E-state index in [0.717, 1.165) is 5.56 Å². The van der Waals surface area contributed by atoms with Crippen LogP contribution in [0.2, 0.25) is 0 Å². The van der Waals surface area contributed by atoms with Gasteiger partial charge in [-0.1, -0.05) is 0 Å². The van der Waals surface area contributed by atoms with Gasteiger partial charge in [-0.3, -0.25) is 9.59 Å². The molecule has 1 amide bonds. The van der Waals surface area contributed by atoms with E-state index in [-0.39, 0.29) is 18.4 Å². The zero-order chi connectivity index (χ0) is 16.0. The molecule has 0 aliphatic rings. The predicted octanol–water partition coefficient (Wildman–Crippen LogP) is 2.00. The fraction of sp³-hybridized carbons (Fsp3) is 0.467. The summed E-state index contributed by atoms with van der Waals surface area (Å²) in [6, 6.07) is 3.13. The molecule has 0 aromatic heterocycles. The molecule has 2 N–H and O–H groups in total. The highest BCUT2D eigenvalue weighted by molar-refractivity contribution is 5.96. The van der Waals surface area contributed by atoms with Gasteiger partial charge < -0.3 is 19.9 Å². The van der Waals surface area contributed by atoms with Crippen LogP contribution >= 0.6 is 0 Å². The average Bonchev–Trinajstić information content (AvgIpc) is 2.44. The number of aryl methyl sites for hydroxylation is 1. The molecule has 1 rings (SSSR count).